The van der Waals surface area contributed by atoms with Gasteiger partial charge in [-0.2, -0.15) is 0 Å². The standard InChI is InChI=1S/C18H28N2O3/c1-2-19-18(22)16-8-10-20(11-9-16)12-17(21)14-23-13-15-6-4-3-5-7-15/h3-7,16-17,21H,2,8-14H2,1H3,(H,19,22). The number of nitrogens with zero attached hydrogens (tertiary/aromatic N) is 1. The van der Waals surface area contributed by atoms with E-state index in [-0.39, 0.29) is 11.8 Å². The number of carbonyl (C=O) groups is 1. The Morgan fingerprint density at radius 2 is 2.04 bits per heavy atom. The zero-order valence-electron chi connectivity index (χ0n) is 13.9. The molecule has 0 aromatic heterocycles. The molecule has 1 aliphatic rings. The highest BCUT2D eigenvalue weighted by molar-refractivity contribution is 5.78. The number of piperidine rings is 1. The highest BCUT2D eigenvalue weighted by Crippen LogP contribution is 2.17. The second-order valence-corrected chi connectivity index (χ2v) is 6.12. The first-order valence-corrected chi connectivity index (χ1v) is 8.48. The third-order valence-corrected chi connectivity index (χ3v) is 4.20. The smallest absolute Gasteiger partial charge is 0.223 e. The summed E-state index contributed by atoms with van der Waals surface area (Å²) in [5, 5.41) is 13.0. The van der Waals surface area contributed by atoms with Gasteiger partial charge in [0.1, 0.15) is 0 Å². The lowest BCUT2D eigenvalue weighted by molar-refractivity contribution is -0.126. The minimum atomic E-state index is -0.486. The summed E-state index contributed by atoms with van der Waals surface area (Å²) in [5.74, 6) is 0.288. The number of benzene rings is 1. The van der Waals surface area contributed by atoms with E-state index in [1.165, 1.54) is 0 Å². The van der Waals surface area contributed by atoms with Crippen molar-refractivity contribution >= 4 is 5.91 Å². The van der Waals surface area contributed by atoms with E-state index in [1.54, 1.807) is 0 Å². The summed E-state index contributed by atoms with van der Waals surface area (Å²) in [6.45, 7) is 5.82. The number of hydrogen-bond acceptors (Lipinski definition) is 4. The van der Waals surface area contributed by atoms with Gasteiger partial charge in [0.15, 0.2) is 0 Å². The van der Waals surface area contributed by atoms with E-state index in [9.17, 15) is 9.90 Å². The van der Waals surface area contributed by atoms with Crippen molar-refractivity contribution in [1.29, 1.82) is 0 Å². The first-order chi connectivity index (χ1) is 11.2. The maximum atomic E-state index is 11.8. The van der Waals surface area contributed by atoms with Crippen molar-refractivity contribution in [3.05, 3.63) is 35.9 Å². The van der Waals surface area contributed by atoms with Crippen molar-refractivity contribution in [1.82, 2.24) is 10.2 Å². The SMILES string of the molecule is CCNC(=O)C1CCN(CC(O)COCc2ccccc2)CC1. The maximum Gasteiger partial charge on any atom is 0.223 e. The van der Waals surface area contributed by atoms with Crippen LogP contribution in [0, 0.1) is 5.92 Å². The first kappa shape index (κ1) is 17.9. The first-order valence-electron chi connectivity index (χ1n) is 8.48. The van der Waals surface area contributed by atoms with Gasteiger partial charge >= 0.3 is 0 Å². The van der Waals surface area contributed by atoms with Crippen molar-refractivity contribution in [2.45, 2.75) is 32.5 Å². The number of nitrogens with one attached hydrogen (secondary N) is 1. The van der Waals surface area contributed by atoms with Crippen molar-refractivity contribution in [3.8, 4) is 0 Å². The zero-order valence-corrected chi connectivity index (χ0v) is 13.9. The normalized spacial score (nSPS) is 17.8. The molecule has 5 nitrogen and oxygen atoms in total. The molecule has 1 fully saturated rings. The summed E-state index contributed by atoms with van der Waals surface area (Å²) in [5.41, 5.74) is 1.11. The number of hydrogen-bond donors (Lipinski definition) is 2. The Hall–Kier alpha value is -1.43. The molecule has 5 heteroatoms. The third kappa shape index (κ3) is 6.29. The van der Waals surface area contributed by atoms with Gasteiger partial charge in [-0.1, -0.05) is 30.3 Å². The fourth-order valence-corrected chi connectivity index (χ4v) is 2.93. The van der Waals surface area contributed by atoms with Crippen molar-refractivity contribution in [2.24, 2.45) is 5.92 Å². The summed E-state index contributed by atoms with van der Waals surface area (Å²) in [4.78, 5) is 14.0. The van der Waals surface area contributed by atoms with Gasteiger partial charge in [0.05, 0.1) is 19.3 Å². The molecule has 1 aromatic carbocycles. The Labute approximate surface area is 138 Å². The zero-order chi connectivity index (χ0) is 16.5. The molecule has 1 saturated heterocycles. The Bertz CT molecular complexity index is 459. The minimum absolute atomic E-state index is 0.123. The maximum absolute atomic E-state index is 11.8. The predicted octanol–water partition coefficient (Wildman–Crippen LogP) is 1.41. The lowest BCUT2D eigenvalue weighted by Gasteiger charge is -2.32. The average Bonchev–Trinajstić information content (AvgIpc) is 2.57. The molecule has 0 radical (unpaired) electrons. The van der Waals surface area contributed by atoms with Crippen molar-refractivity contribution in [2.75, 3.05) is 32.8 Å². The summed E-state index contributed by atoms with van der Waals surface area (Å²) in [6, 6.07) is 9.96. The average molecular weight is 320 g/mol. The van der Waals surface area contributed by atoms with Gasteiger partial charge in [-0.15, -0.1) is 0 Å². The van der Waals surface area contributed by atoms with Gasteiger partial charge in [-0.3, -0.25) is 4.79 Å². The molecule has 1 heterocycles. The van der Waals surface area contributed by atoms with E-state index in [1.807, 2.05) is 37.3 Å². The Balaban J connectivity index is 1.61. The van der Waals surface area contributed by atoms with Crippen LogP contribution in [0.25, 0.3) is 0 Å². The number of likely N-dealkylation sites (tertiary alicyclic amines) is 1. The Morgan fingerprint density at radius 1 is 1.35 bits per heavy atom. The fourth-order valence-electron chi connectivity index (χ4n) is 2.93. The second kappa shape index (κ2) is 9.65. The molecule has 2 rings (SSSR count). The van der Waals surface area contributed by atoms with Crippen molar-refractivity contribution < 1.29 is 14.6 Å². The quantitative estimate of drug-likeness (QED) is 0.760. The van der Waals surface area contributed by atoms with E-state index < -0.39 is 6.10 Å². The van der Waals surface area contributed by atoms with E-state index in [2.05, 4.69) is 10.2 Å². The third-order valence-electron chi connectivity index (χ3n) is 4.20. The van der Waals surface area contributed by atoms with Gasteiger partial charge in [0.25, 0.3) is 0 Å². The summed E-state index contributed by atoms with van der Waals surface area (Å²) in [6.07, 6.45) is 1.24. The molecule has 0 aliphatic carbocycles. The molecular formula is C18H28N2O3. The van der Waals surface area contributed by atoms with Crippen LogP contribution >= 0.6 is 0 Å². The molecule has 0 spiro atoms. The molecule has 128 valence electrons. The van der Waals surface area contributed by atoms with Crippen LogP contribution in [0.3, 0.4) is 0 Å². The molecule has 1 aliphatic heterocycles. The monoisotopic (exact) mass is 320 g/mol. The summed E-state index contributed by atoms with van der Waals surface area (Å²) >= 11 is 0. The van der Waals surface area contributed by atoms with Crippen LogP contribution in [0.4, 0.5) is 0 Å². The number of amides is 1. The van der Waals surface area contributed by atoms with Crippen LogP contribution < -0.4 is 5.32 Å². The molecule has 1 aromatic rings. The van der Waals surface area contributed by atoms with Gasteiger partial charge in [-0.25, -0.2) is 0 Å². The number of β-amino-alcohol motifs (C(OH)–C–C–N with tert-alkyl or cyclic N) is 1. The lowest BCUT2D eigenvalue weighted by atomic mass is 9.96. The lowest BCUT2D eigenvalue weighted by Crippen LogP contribution is -2.43. The molecule has 1 unspecified atom stereocenters. The number of carbonyl (C=O) groups excluding carboxylic acids is 1. The molecule has 1 amide bonds. The highest BCUT2D eigenvalue weighted by atomic mass is 16.5. The van der Waals surface area contributed by atoms with Crippen LogP contribution in [0.5, 0.6) is 0 Å². The van der Waals surface area contributed by atoms with Crippen LogP contribution in [0.1, 0.15) is 25.3 Å². The topological polar surface area (TPSA) is 61.8 Å². The van der Waals surface area contributed by atoms with Gasteiger partial charge < -0.3 is 20.1 Å². The molecule has 23 heavy (non-hydrogen) atoms. The summed E-state index contributed by atoms with van der Waals surface area (Å²) < 4.78 is 5.57. The van der Waals surface area contributed by atoms with E-state index in [0.29, 0.717) is 26.3 Å². The fraction of sp³-hybridized carbons (Fsp3) is 0.611. The second-order valence-electron chi connectivity index (χ2n) is 6.12. The number of aliphatic hydroxyl groups is 1. The Kier molecular flexibility index (Phi) is 7.52. The van der Waals surface area contributed by atoms with Crippen molar-refractivity contribution in [3.63, 3.8) is 0 Å². The molecule has 0 bridgehead atoms. The van der Waals surface area contributed by atoms with E-state index >= 15 is 0 Å². The Morgan fingerprint density at radius 3 is 2.70 bits per heavy atom. The van der Waals surface area contributed by atoms with Crippen LogP contribution in [-0.4, -0.2) is 54.8 Å². The molecule has 2 N–H and O–H groups in total. The number of rotatable bonds is 8. The van der Waals surface area contributed by atoms with Crippen LogP contribution in [0.15, 0.2) is 30.3 Å². The van der Waals surface area contributed by atoms with E-state index in [4.69, 9.17) is 4.74 Å². The van der Waals surface area contributed by atoms with Gasteiger partial charge in [0.2, 0.25) is 5.91 Å². The van der Waals surface area contributed by atoms with E-state index in [0.717, 1.165) is 31.5 Å². The molecule has 1 atom stereocenters. The molecule has 0 saturated carbocycles. The van der Waals surface area contributed by atoms with Crippen LogP contribution in [0.2, 0.25) is 0 Å². The van der Waals surface area contributed by atoms with Crippen LogP contribution in [-0.2, 0) is 16.1 Å². The molecular weight excluding hydrogens is 292 g/mol. The number of ether oxygens (including phenoxy) is 1. The van der Waals surface area contributed by atoms with Gasteiger partial charge in [-0.05, 0) is 38.4 Å². The van der Waals surface area contributed by atoms with Gasteiger partial charge in [0, 0.05) is 19.0 Å². The predicted molar refractivity (Wildman–Crippen MR) is 90.0 cm³/mol. The minimum Gasteiger partial charge on any atom is -0.389 e. The number of aliphatic hydroxyl groups excluding tert-OH is 1. The largest absolute Gasteiger partial charge is 0.389 e. The summed E-state index contributed by atoms with van der Waals surface area (Å²) in [7, 11) is 0. The highest BCUT2D eigenvalue weighted by Gasteiger charge is 2.25.